The van der Waals surface area contributed by atoms with E-state index in [2.05, 4.69) is 31.5 Å². The van der Waals surface area contributed by atoms with E-state index in [0.717, 1.165) is 4.47 Å². The van der Waals surface area contributed by atoms with Crippen molar-refractivity contribution >= 4 is 33.5 Å². The number of carboxylic acids is 1. The number of hydrogen-bond donors (Lipinski definition) is 1. The number of aliphatic carboxylic acids is 1. The number of benzene rings is 1. The molecule has 0 saturated carbocycles. The Labute approximate surface area is 122 Å². The zero-order valence-electron chi connectivity index (χ0n) is 10.1. The van der Waals surface area contributed by atoms with Crippen LogP contribution in [-0.2, 0) is 10.3 Å². The van der Waals surface area contributed by atoms with Crippen LogP contribution < -0.4 is 0 Å². The van der Waals surface area contributed by atoms with Gasteiger partial charge in [0, 0.05) is 10.0 Å². The second kappa shape index (κ2) is 4.90. The van der Waals surface area contributed by atoms with Gasteiger partial charge in [-0.1, -0.05) is 11.6 Å². The van der Waals surface area contributed by atoms with Crippen LogP contribution in [0.5, 0.6) is 0 Å². The van der Waals surface area contributed by atoms with Crippen LogP contribution >= 0.6 is 27.5 Å². The molecule has 0 saturated heterocycles. The normalized spacial score (nSPS) is 11.6. The molecule has 1 aromatic heterocycles. The van der Waals surface area contributed by atoms with Crippen molar-refractivity contribution < 1.29 is 9.90 Å². The summed E-state index contributed by atoms with van der Waals surface area (Å²) in [6.07, 6.45) is 0. The van der Waals surface area contributed by atoms with Gasteiger partial charge in [0.2, 0.25) is 0 Å². The van der Waals surface area contributed by atoms with Gasteiger partial charge in [-0.3, -0.25) is 0 Å². The monoisotopic (exact) mass is 344 g/mol. The van der Waals surface area contributed by atoms with Crippen molar-refractivity contribution in [3.05, 3.63) is 27.7 Å². The first-order chi connectivity index (χ1) is 8.84. The fourth-order valence-electron chi connectivity index (χ4n) is 1.47. The van der Waals surface area contributed by atoms with E-state index in [9.17, 15) is 9.90 Å². The van der Waals surface area contributed by atoms with Gasteiger partial charge in [-0.25, -0.2) is 9.48 Å². The first kappa shape index (κ1) is 14.0. The van der Waals surface area contributed by atoms with Crippen LogP contribution in [0.3, 0.4) is 0 Å². The van der Waals surface area contributed by atoms with Gasteiger partial charge in [-0.15, -0.1) is 5.10 Å². The Hall–Kier alpha value is -1.47. The van der Waals surface area contributed by atoms with E-state index in [-0.39, 0.29) is 0 Å². The van der Waals surface area contributed by atoms with Gasteiger partial charge in [0.25, 0.3) is 0 Å². The molecule has 0 amide bonds. The average Bonchev–Trinajstić information content (AvgIpc) is 2.82. The number of carboxylic acid groups (broad SMARTS) is 1. The Balaban J connectivity index is 2.56. The van der Waals surface area contributed by atoms with Crippen molar-refractivity contribution in [2.24, 2.45) is 0 Å². The summed E-state index contributed by atoms with van der Waals surface area (Å²) >= 11 is 9.31. The predicted octanol–water partition coefficient (Wildman–Crippen LogP) is 2.58. The molecule has 0 aliphatic rings. The Kier molecular flexibility index (Phi) is 3.60. The summed E-state index contributed by atoms with van der Waals surface area (Å²) in [5.41, 5.74) is -0.606. The van der Waals surface area contributed by atoms with Crippen molar-refractivity contribution in [3.8, 4) is 11.4 Å². The van der Waals surface area contributed by atoms with Gasteiger partial charge < -0.3 is 5.11 Å². The van der Waals surface area contributed by atoms with E-state index in [0.29, 0.717) is 16.4 Å². The number of nitrogens with zero attached hydrogens (tertiary/aromatic N) is 4. The third kappa shape index (κ3) is 2.48. The molecule has 19 heavy (non-hydrogen) atoms. The van der Waals surface area contributed by atoms with Crippen molar-refractivity contribution in [1.82, 2.24) is 20.2 Å². The van der Waals surface area contributed by atoms with Crippen molar-refractivity contribution in [2.45, 2.75) is 19.4 Å². The van der Waals surface area contributed by atoms with E-state index in [1.807, 2.05) is 0 Å². The Morgan fingerprint density at radius 3 is 2.74 bits per heavy atom. The Bertz CT molecular complexity index is 641. The molecule has 0 atom stereocenters. The van der Waals surface area contributed by atoms with E-state index >= 15 is 0 Å². The van der Waals surface area contributed by atoms with Crippen LogP contribution in [0.4, 0.5) is 0 Å². The summed E-state index contributed by atoms with van der Waals surface area (Å²) in [4.78, 5) is 11.3. The molecule has 8 heteroatoms. The van der Waals surface area contributed by atoms with E-state index in [1.54, 1.807) is 18.2 Å². The molecule has 0 fully saturated rings. The Morgan fingerprint density at radius 2 is 2.16 bits per heavy atom. The lowest BCUT2D eigenvalue weighted by molar-refractivity contribution is -0.146. The molecule has 1 heterocycles. The largest absolute Gasteiger partial charge is 0.479 e. The number of aromatic nitrogens is 4. The van der Waals surface area contributed by atoms with Crippen molar-refractivity contribution in [2.75, 3.05) is 0 Å². The van der Waals surface area contributed by atoms with Crippen LogP contribution in [0.1, 0.15) is 13.8 Å². The summed E-state index contributed by atoms with van der Waals surface area (Å²) in [6, 6.07) is 5.19. The lowest BCUT2D eigenvalue weighted by Gasteiger charge is -2.20. The van der Waals surface area contributed by atoms with E-state index < -0.39 is 11.5 Å². The number of halogens is 2. The maximum atomic E-state index is 11.3. The highest BCUT2D eigenvalue weighted by Gasteiger charge is 2.33. The SMILES string of the molecule is CC(C)(C(=O)O)n1nnnc1-c1ccc(Br)c(Cl)c1. The van der Waals surface area contributed by atoms with E-state index in [1.165, 1.54) is 18.5 Å². The minimum Gasteiger partial charge on any atom is -0.479 e. The molecule has 0 aliphatic heterocycles. The van der Waals surface area contributed by atoms with Gasteiger partial charge in [0.05, 0.1) is 5.02 Å². The van der Waals surface area contributed by atoms with E-state index in [4.69, 9.17) is 11.6 Å². The molecule has 2 aromatic rings. The maximum absolute atomic E-state index is 11.3. The summed E-state index contributed by atoms with van der Waals surface area (Å²) in [7, 11) is 0. The molecule has 0 spiro atoms. The molecule has 0 aliphatic carbocycles. The van der Waals surface area contributed by atoms with Crippen molar-refractivity contribution in [3.63, 3.8) is 0 Å². The van der Waals surface area contributed by atoms with Gasteiger partial charge in [0.15, 0.2) is 11.4 Å². The molecule has 0 unspecified atom stereocenters. The van der Waals surface area contributed by atoms with Gasteiger partial charge in [-0.05, 0) is 58.4 Å². The summed E-state index contributed by atoms with van der Waals surface area (Å²) in [5, 5.41) is 20.9. The molecule has 0 radical (unpaired) electrons. The highest BCUT2D eigenvalue weighted by atomic mass is 79.9. The second-order valence-corrected chi connectivity index (χ2v) is 5.67. The smallest absolute Gasteiger partial charge is 0.331 e. The highest BCUT2D eigenvalue weighted by Crippen LogP contribution is 2.29. The zero-order chi connectivity index (χ0) is 14.2. The molecule has 100 valence electrons. The average molecular weight is 346 g/mol. The molecule has 1 aromatic carbocycles. The number of tetrazole rings is 1. The lowest BCUT2D eigenvalue weighted by atomic mass is 10.1. The maximum Gasteiger partial charge on any atom is 0.331 e. The third-order valence-corrected chi connectivity index (χ3v) is 3.93. The van der Waals surface area contributed by atoms with Crippen molar-refractivity contribution in [1.29, 1.82) is 0 Å². The standard InChI is InChI=1S/C11H10BrClN4O2/c1-11(2,10(18)19)17-9(14-15-16-17)6-3-4-7(12)8(13)5-6/h3-5H,1-2H3,(H,18,19). The summed E-state index contributed by atoms with van der Waals surface area (Å²) in [6.45, 7) is 3.05. The zero-order valence-corrected chi connectivity index (χ0v) is 12.5. The second-order valence-electron chi connectivity index (χ2n) is 4.41. The third-order valence-electron chi connectivity index (χ3n) is 2.70. The van der Waals surface area contributed by atoms with Crippen LogP contribution in [0.2, 0.25) is 5.02 Å². The first-order valence-electron chi connectivity index (χ1n) is 5.31. The van der Waals surface area contributed by atoms with Crippen LogP contribution in [-0.4, -0.2) is 31.3 Å². The minimum atomic E-state index is -1.25. The molecule has 6 nitrogen and oxygen atoms in total. The lowest BCUT2D eigenvalue weighted by Crippen LogP contribution is -2.37. The first-order valence-corrected chi connectivity index (χ1v) is 6.49. The minimum absolute atomic E-state index is 0.349. The molecule has 1 N–H and O–H groups in total. The number of rotatable bonds is 3. The van der Waals surface area contributed by atoms with Crippen LogP contribution in [0.15, 0.2) is 22.7 Å². The Morgan fingerprint density at radius 1 is 1.47 bits per heavy atom. The molecule has 2 rings (SSSR count). The summed E-state index contributed by atoms with van der Waals surface area (Å²) in [5.74, 6) is -0.675. The van der Waals surface area contributed by atoms with Gasteiger partial charge >= 0.3 is 5.97 Å². The van der Waals surface area contributed by atoms with Gasteiger partial charge in [0.1, 0.15) is 0 Å². The quantitative estimate of drug-likeness (QED) is 0.924. The molecule has 0 bridgehead atoms. The predicted molar refractivity (Wildman–Crippen MR) is 72.9 cm³/mol. The molecular weight excluding hydrogens is 336 g/mol. The number of carbonyl (C=O) groups is 1. The van der Waals surface area contributed by atoms with Crippen LogP contribution in [0, 0.1) is 0 Å². The molecular formula is C11H10BrClN4O2. The summed E-state index contributed by atoms with van der Waals surface area (Å²) < 4.78 is 2.00. The number of hydrogen-bond acceptors (Lipinski definition) is 4. The van der Waals surface area contributed by atoms with Gasteiger partial charge in [-0.2, -0.15) is 0 Å². The highest BCUT2D eigenvalue weighted by molar-refractivity contribution is 9.10. The fourth-order valence-corrected chi connectivity index (χ4v) is 1.90. The van der Waals surface area contributed by atoms with Crippen LogP contribution in [0.25, 0.3) is 11.4 Å². The fraction of sp³-hybridized carbons (Fsp3) is 0.273. The topological polar surface area (TPSA) is 80.9 Å².